The summed E-state index contributed by atoms with van der Waals surface area (Å²) in [5, 5.41) is 11.5. The number of ketones is 1. The van der Waals surface area contributed by atoms with Crippen molar-refractivity contribution in [1.82, 2.24) is 4.98 Å². The molecule has 1 amide bonds. The van der Waals surface area contributed by atoms with Gasteiger partial charge in [-0.1, -0.05) is 23.5 Å². The van der Waals surface area contributed by atoms with Gasteiger partial charge in [-0.25, -0.2) is 9.78 Å². The van der Waals surface area contributed by atoms with Crippen LogP contribution in [0.3, 0.4) is 0 Å². The first-order valence-electron chi connectivity index (χ1n) is 11.8. The number of esters is 1. The molecule has 0 saturated carbocycles. The largest absolute Gasteiger partial charge is 0.507 e. The number of thiazole rings is 1. The van der Waals surface area contributed by atoms with E-state index in [1.54, 1.807) is 49.4 Å². The first kappa shape index (κ1) is 25.3. The molecule has 196 valence electrons. The molecule has 0 radical (unpaired) electrons. The summed E-state index contributed by atoms with van der Waals surface area (Å²) in [7, 11) is 1.25. The number of ether oxygens (including phenoxy) is 4. The second kappa shape index (κ2) is 10.2. The van der Waals surface area contributed by atoms with E-state index < -0.39 is 23.7 Å². The summed E-state index contributed by atoms with van der Waals surface area (Å²) in [4.78, 5) is 44.9. The van der Waals surface area contributed by atoms with E-state index in [0.717, 1.165) is 11.3 Å². The van der Waals surface area contributed by atoms with Crippen molar-refractivity contribution in [3.05, 3.63) is 69.7 Å². The molecule has 0 aliphatic carbocycles. The molecule has 1 atom stereocenters. The molecule has 2 aliphatic rings. The molecule has 38 heavy (non-hydrogen) atoms. The Bertz CT molecular complexity index is 1460. The second-order valence-electron chi connectivity index (χ2n) is 8.43. The normalized spacial score (nSPS) is 18.0. The van der Waals surface area contributed by atoms with Gasteiger partial charge in [-0.05, 0) is 49.7 Å². The minimum absolute atomic E-state index is 0.122. The van der Waals surface area contributed by atoms with Crippen molar-refractivity contribution < 1.29 is 38.4 Å². The van der Waals surface area contributed by atoms with Crippen molar-refractivity contribution in [1.29, 1.82) is 0 Å². The van der Waals surface area contributed by atoms with Crippen molar-refractivity contribution in [2.75, 3.05) is 31.8 Å². The number of benzene rings is 2. The van der Waals surface area contributed by atoms with Crippen LogP contribution in [0.25, 0.3) is 5.76 Å². The van der Waals surface area contributed by atoms with E-state index in [1.807, 2.05) is 6.92 Å². The number of aliphatic hydroxyl groups is 1. The molecule has 1 saturated heterocycles. The number of carbonyl (C=O) groups is 3. The van der Waals surface area contributed by atoms with Crippen LogP contribution in [0.15, 0.2) is 48.0 Å². The summed E-state index contributed by atoms with van der Waals surface area (Å²) in [6.45, 7) is 4.70. The smallest absolute Gasteiger partial charge is 0.350 e. The Hall–Kier alpha value is -4.38. The number of aryl methyl sites for hydroxylation is 1. The van der Waals surface area contributed by atoms with Gasteiger partial charge in [0.25, 0.3) is 5.78 Å². The van der Waals surface area contributed by atoms with Crippen LogP contribution >= 0.6 is 11.3 Å². The lowest BCUT2D eigenvalue weighted by molar-refractivity contribution is -0.132. The van der Waals surface area contributed by atoms with E-state index in [9.17, 15) is 19.5 Å². The Labute approximate surface area is 222 Å². The molecule has 1 fully saturated rings. The van der Waals surface area contributed by atoms with Crippen LogP contribution in [0.5, 0.6) is 17.2 Å². The molecule has 10 nitrogen and oxygen atoms in total. The highest BCUT2D eigenvalue weighted by atomic mass is 32.1. The zero-order chi connectivity index (χ0) is 27.0. The van der Waals surface area contributed by atoms with Gasteiger partial charge in [0, 0.05) is 5.56 Å². The topological polar surface area (TPSA) is 124 Å². The molecular formula is C27H24N2O8S. The number of aliphatic hydroxyl groups excluding tert-OH is 1. The third-order valence-electron chi connectivity index (χ3n) is 6.13. The van der Waals surface area contributed by atoms with E-state index in [2.05, 4.69) is 4.98 Å². The Morgan fingerprint density at radius 2 is 1.84 bits per heavy atom. The van der Waals surface area contributed by atoms with Crippen LogP contribution in [-0.4, -0.2) is 54.7 Å². The monoisotopic (exact) mass is 536 g/mol. The number of hydrogen-bond acceptors (Lipinski definition) is 10. The van der Waals surface area contributed by atoms with Gasteiger partial charge in [-0.15, -0.1) is 0 Å². The third-order valence-corrected chi connectivity index (χ3v) is 7.27. The van der Waals surface area contributed by atoms with Gasteiger partial charge in [-0.3, -0.25) is 14.5 Å². The molecule has 2 aromatic carbocycles. The molecule has 5 rings (SSSR count). The maximum absolute atomic E-state index is 13.4. The average Bonchev–Trinajstić information content (AvgIpc) is 3.44. The average molecular weight is 537 g/mol. The Morgan fingerprint density at radius 1 is 1.13 bits per heavy atom. The number of amides is 1. The number of rotatable bonds is 6. The van der Waals surface area contributed by atoms with E-state index >= 15 is 0 Å². The van der Waals surface area contributed by atoms with Crippen LogP contribution in [0.4, 0.5) is 5.13 Å². The predicted molar refractivity (Wildman–Crippen MR) is 138 cm³/mol. The summed E-state index contributed by atoms with van der Waals surface area (Å²) in [6.07, 6.45) is 0. The van der Waals surface area contributed by atoms with Gasteiger partial charge in [0.1, 0.15) is 29.6 Å². The number of Topliss-reactive ketones (excluding diaryl/α,β-unsaturated/α-hetero) is 1. The number of anilines is 1. The minimum Gasteiger partial charge on any atom is -0.507 e. The van der Waals surface area contributed by atoms with Crippen LogP contribution in [-0.2, 0) is 14.3 Å². The summed E-state index contributed by atoms with van der Waals surface area (Å²) < 4.78 is 21.5. The molecule has 1 aromatic heterocycles. The van der Waals surface area contributed by atoms with Crippen molar-refractivity contribution in [2.24, 2.45) is 0 Å². The number of aromatic nitrogens is 1. The number of hydrogen-bond donors (Lipinski definition) is 1. The molecule has 3 aromatic rings. The van der Waals surface area contributed by atoms with Crippen molar-refractivity contribution >= 4 is 39.9 Å². The highest BCUT2D eigenvalue weighted by Crippen LogP contribution is 2.45. The van der Waals surface area contributed by atoms with Crippen LogP contribution < -0.4 is 19.1 Å². The van der Waals surface area contributed by atoms with Crippen molar-refractivity contribution in [3.63, 3.8) is 0 Å². The van der Waals surface area contributed by atoms with Gasteiger partial charge in [-0.2, -0.15) is 0 Å². The van der Waals surface area contributed by atoms with Crippen LogP contribution in [0.1, 0.15) is 39.5 Å². The summed E-state index contributed by atoms with van der Waals surface area (Å²) >= 11 is 0.935. The van der Waals surface area contributed by atoms with Gasteiger partial charge in [0.15, 0.2) is 16.6 Å². The zero-order valence-corrected chi connectivity index (χ0v) is 21.7. The fraction of sp³-hybridized carbons (Fsp3) is 0.259. The summed E-state index contributed by atoms with van der Waals surface area (Å²) in [6, 6.07) is 10.6. The fourth-order valence-corrected chi connectivity index (χ4v) is 5.38. The first-order valence-corrected chi connectivity index (χ1v) is 12.6. The van der Waals surface area contributed by atoms with E-state index in [1.165, 1.54) is 12.0 Å². The molecule has 11 heteroatoms. The van der Waals surface area contributed by atoms with Crippen molar-refractivity contribution in [2.45, 2.75) is 19.9 Å². The molecule has 0 spiro atoms. The lowest BCUT2D eigenvalue weighted by atomic mass is 9.95. The van der Waals surface area contributed by atoms with Gasteiger partial charge < -0.3 is 24.1 Å². The first-order chi connectivity index (χ1) is 18.3. The highest BCUT2D eigenvalue weighted by molar-refractivity contribution is 7.17. The lowest BCUT2D eigenvalue weighted by Crippen LogP contribution is -2.29. The molecule has 0 bridgehead atoms. The lowest BCUT2D eigenvalue weighted by Gasteiger charge is -2.23. The quantitative estimate of drug-likeness (QED) is 0.215. The Morgan fingerprint density at radius 3 is 2.53 bits per heavy atom. The molecule has 2 aliphatic heterocycles. The summed E-state index contributed by atoms with van der Waals surface area (Å²) in [5.41, 5.74) is 1.06. The Kier molecular flexibility index (Phi) is 6.77. The molecule has 1 unspecified atom stereocenters. The molecule has 3 heterocycles. The maximum Gasteiger partial charge on any atom is 0.350 e. The van der Waals surface area contributed by atoms with Crippen LogP contribution in [0, 0.1) is 6.92 Å². The third kappa shape index (κ3) is 4.34. The highest BCUT2D eigenvalue weighted by Gasteiger charge is 2.48. The second-order valence-corrected chi connectivity index (χ2v) is 9.41. The van der Waals surface area contributed by atoms with E-state index in [-0.39, 0.29) is 26.9 Å². The number of methoxy groups -OCH3 is 1. The van der Waals surface area contributed by atoms with Crippen LogP contribution in [0.2, 0.25) is 0 Å². The van der Waals surface area contributed by atoms with Gasteiger partial charge >= 0.3 is 11.9 Å². The van der Waals surface area contributed by atoms with Gasteiger partial charge in [0.05, 0.1) is 31.0 Å². The number of fused-ring (bicyclic) bond motifs is 1. The number of nitrogens with zero attached hydrogens (tertiary/aromatic N) is 2. The Balaban J connectivity index is 1.67. The number of carbonyl (C=O) groups excluding carboxylic acids is 3. The molecular weight excluding hydrogens is 512 g/mol. The van der Waals surface area contributed by atoms with E-state index in [0.29, 0.717) is 48.3 Å². The van der Waals surface area contributed by atoms with Crippen molar-refractivity contribution in [3.8, 4) is 17.2 Å². The van der Waals surface area contributed by atoms with E-state index in [4.69, 9.17) is 18.9 Å². The summed E-state index contributed by atoms with van der Waals surface area (Å²) in [5.74, 6) is -1.19. The standard InChI is InChI=1S/C27H24N2O8S/c1-4-35-17-8-5-15(6-9-17)21-20(22(30)16-7-10-18-19(13-16)37-12-11-36-18)23(31)25(32)29(21)27-28-14(2)24(38-27)26(33)34-3/h5-10,13,21,30H,4,11-12H2,1-3H3. The SMILES string of the molecule is CCOc1ccc(C2C(=C(O)c3ccc4c(c3)OCCO4)C(=O)C(=O)N2c2nc(C)c(C(=O)OC)s2)cc1. The predicted octanol–water partition coefficient (Wildman–Crippen LogP) is 4.03. The maximum atomic E-state index is 13.4. The zero-order valence-electron chi connectivity index (χ0n) is 20.8. The molecule has 1 N–H and O–H groups in total. The minimum atomic E-state index is -1.02. The van der Waals surface area contributed by atoms with Gasteiger partial charge in [0.2, 0.25) is 0 Å². The fourth-order valence-electron chi connectivity index (χ4n) is 4.37.